The van der Waals surface area contributed by atoms with Gasteiger partial charge < -0.3 is 14.5 Å². The van der Waals surface area contributed by atoms with Crippen LogP contribution in [-0.2, 0) is 11.2 Å². The number of rotatable bonds is 4. The maximum atomic E-state index is 12.4. The predicted octanol–water partition coefficient (Wildman–Crippen LogP) is 3.75. The van der Waals surface area contributed by atoms with Gasteiger partial charge in [0, 0.05) is 31.4 Å². The summed E-state index contributed by atoms with van der Waals surface area (Å²) >= 11 is 0. The number of hydrogen-bond donors (Lipinski definition) is 1. The van der Waals surface area contributed by atoms with Crippen molar-refractivity contribution in [3.05, 3.63) is 41.1 Å². The summed E-state index contributed by atoms with van der Waals surface area (Å²) in [6, 6.07) is 5.64. The second-order valence-electron chi connectivity index (χ2n) is 6.07. The molecule has 0 aliphatic heterocycles. The molecule has 1 heterocycles. The molecule has 23 heavy (non-hydrogen) atoms. The van der Waals surface area contributed by atoms with Crippen LogP contribution in [0.3, 0.4) is 0 Å². The highest BCUT2D eigenvalue weighted by Crippen LogP contribution is 2.34. The van der Waals surface area contributed by atoms with Crippen molar-refractivity contribution in [2.45, 2.75) is 45.4 Å². The Bertz CT molecular complexity index is 721. The van der Waals surface area contributed by atoms with E-state index in [1.54, 1.807) is 7.11 Å². The second kappa shape index (κ2) is 6.44. The average Bonchev–Trinajstić information content (AvgIpc) is 2.89. The van der Waals surface area contributed by atoms with E-state index in [1.807, 2.05) is 32.0 Å². The quantitative estimate of drug-likeness (QED) is 0.933. The van der Waals surface area contributed by atoms with Crippen LogP contribution < -0.4 is 10.1 Å². The first-order valence-electron chi connectivity index (χ1n) is 7.97. The summed E-state index contributed by atoms with van der Waals surface area (Å²) in [5, 5.41) is 2.97. The standard InChI is InChI=1S/C18H22N2O3/c1-11-9-14(7-8-15(11)22-3)20-17(21)10-13-5-4-6-16-18(13)19-12(2)23-16/h7-9,13H,4-6,10H2,1-3H3,(H,20,21). The Hall–Kier alpha value is -2.30. The Labute approximate surface area is 136 Å². The van der Waals surface area contributed by atoms with Gasteiger partial charge in [0.1, 0.15) is 11.5 Å². The Morgan fingerprint density at radius 2 is 2.26 bits per heavy atom. The summed E-state index contributed by atoms with van der Waals surface area (Å²) in [5.74, 6) is 2.61. The molecular weight excluding hydrogens is 292 g/mol. The van der Waals surface area contributed by atoms with Crippen molar-refractivity contribution in [1.82, 2.24) is 4.98 Å². The Kier molecular flexibility index (Phi) is 4.37. The molecule has 0 saturated heterocycles. The number of ether oxygens (including phenoxy) is 1. The van der Waals surface area contributed by atoms with E-state index >= 15 is 0 Å². The molecule has 2 aromatic rings. The first kappa shape index (κ1) is 15.6. The van der Waals surface area contributed by atoms with Crippen molar-refractivity contribution in [3.63, 3.8) is 0 Å². The van der Waals surface area contributed by atoms with Gasteiger partial charge in [-0.15, -0.1) is 0 Å². The van der Waals surface area contributed by atoms with E-state index in [-0.39, 0.29) is 11.8 Å². The second-order valence-corrected chi connectivity index (χ2v) is 6.07. The van der Waals surface area contributed by atoms with E-state index in [4.69, 9.17) is 9.15 Å². The lowest BCUT2D eigenvalue weighted by molar-refractivity contribution is -0.116. The molecular formula is C18H22N2O3. The van der Waals surface area contributed by atoms with Gasteiger partial charge in [-0.25, -0.2) is 4.98 Å². The summed E-state index contributed by atoms with van der Waals surface area (Å²) in [6.45, 7) is 3.82. The zero-order valence-electron chi connectivity index (χ0n) is 13.8. The molecule has 1 aromatic carbocycles. The predicted molar refractivity (Wildman–Crippen MR) is 87.9 cm³/mol. The molecule has 0 bridgehead atoms. The molecule has 3 rings (SSSR count). The van der Waals surface area contributed by atoms with Gasteiger partial charge in [-0.3, -0.25) is 4.79 Å². The van der Waals surface area contributed by atoms with Gasteiger partial charge >= 0.3 is 0 Å². The normalized spacial score (nSPS) is 16.7. The molecule has 1 aliphatic rings. The van der Waals surface area contributed by atoms with Crippen molar-refractivity contribution >= 4 is 11.6 Å². The number of oxazole rings is 1. The van der Waals surface area contributed by atoms with E-state index in [9.17, 15) is 4.79 Å². The highest BCUT2D eigenvalue weighted by Gasteiger charge is 2.27. The SMILES string of the molecule is COc1ccc(NC(=O)CC2CCCc3oc(C)nc32)cc1C. The first-order chi connectivity index (χ1) is 11.1. The van der Waals surface area contributed by atoms with Crippen LogP contribution in [0.15, 0.2) is 22.6 Å². The number of aryl methyl sites for hydroxylation is 3. The smallest absolute Gasteiger partial charge is 0.225 e. The number of carbonyl (C=O) groups is 1. The molecule has 1 aliphatic carbocycles. The maximum Gasteiger partial charge on any atom is 0.225 e. The molecule has 0 fully saturated rings. The fourth-order valence-corrected chi connectivity index (χ4v) is 3.22. The largest absolute Gasteiger partial charge is 0.496 e. The lowest BCUT2D eigenvalue weighted by atomic mass is 9.88. The van der Waals surface area contributed by atoms with Crippen molar-refractivity contribution < 1.29 is 13.9 Å². The molecule has 1 aromatic heterocycles. The number of benzene rings is 1. The van der Waals surface area contributed by atoms with Crippen LogP contribution in [0, 0.1) is 13.8 Å². The van der Waals surface area contributed by atoms with Gasteiger partial charge in [-0.1, -0.05) is 0 Å². The zero-order valence-corrected chi connectivity index (χ0v) is 13.8. The lowest BCUT2D eigenvalue weighted by Crippen LogP contribution is -2.18. The van der Waals surface area contributed by atoms with Crippen LogP contribution in [0.5, 0.6) is 5.75 Å². The molecule has 0 radical (unpaired) electrons. The fourth-order valence-electron chi connectivity index (χ4n) is 3.22. The monoisotopic (exact) mass is 314 g/mol. The van der Waals surface area contributed by atoms with Crippen molar-refractivity contribution in [2.24, 2.45) is 0 Å². The van der Waals surface area contributed by atoms with Gasteiger partial charge in [-0.05, 0) is 43.5 Å². The van der Waals surface area contributed by atoms with Gasteiger partial charge in [0.05, 0.1) is 12.8 Å². The molecule has 0 spiro atoms. The molecule has 1 atom stereocenters. The lowest BCUT2D eigenvalue weighted by Gasteiger charge is -2.19. The minimum absolute atomic E-state index is 0.00747. The minimum Gasteiger partial charge on any atom is -0.496 e. The maximum absolute atomic E-state index is 12.4. The van der Waals surface area contributed by atoms with Crippen molar-refractivity contribution in [1.29, 1.82) is 0 Å². The number of nitrogens with one attached hydrogen (secondary N) is 1. The Morgan fingerprint density at radius 1 is 1.43 bits per heavy atom. The Morgan fingerprint density at radius 3 is 3.00 bits per heavy atom. The van der Waals surface area contributed by atoms with Crippen LogP contribution in [0.1, 0.15) is 48.1 Å². The van der Waals surface area contributed by atoms with E-state index in [0.29, 0.717) is 12.3 Å². The number of anilines is 1. The molecule has 1 amide bonds. The van der Waals surface area contributed by atoms with Crippen LogP contribution >= 0.6 is 0 Å². The van der Waals surface area contributed by atoms with E-state index in [2.05, 4.69) is 10.3 Å². The third-order valence-electron chi connectivity index (χ3n) is 4.29. The molecule has 5 nitrogen and oxygen atoms in total. The van der Waals surface area contributed by atoms with E-state index < -0.39 is 0 Å². The van der Waals surface area contributed by atoms with Crippen LogP contribution in [0.2, 0.25) is 0 Å². The van der Waals surface area contributed by atoms with Crippen molar-refractivity contribution in [2.75, 3.05) is 12.4 Å². The summed E-state index contributed by atoms with van der Waals surface area (Å²) in [4.78, 5) is 16.8. The van der Waals surface area contributed by atoms with E-state index in [0.717, 1.165) is 47.7 Å². The number of aromatic nitrogens is 1. The van der Waals surface area contributed by atoms with Crippen LogP contribution in [0.25, 0.3) is 0 Å². The third kappa shape index (κ3) is 3.38. The number of methoxy groups -OCH3 is 1. The highest BCUT2D eigenvalue weighted by molar-refractivity contribution is 5.91. The molecule has 5 heteroatoms. The zero-order chi connectivity index (χ0) is 16.4. The van der Waals surface area contributed by atoms with E-state index in [1.165, 1.54) is 0 Å². The first-order valence-corrected chi connectivity index (χ1v) is 7.97. The highest BCUT2D eigenvalue weighted by atomic mass is 16.5. The van der Waals surface area contributed by atoms with Gasteiger partial charge in [0.15, 0.2) is 5.89 Å². The number of nitrogens with zero attached hydrogens (tertiary/aromatic N) is 1. The van der Waals surface area contributed by atoms with Gasteiger partial charge in [-0.2, -0.15) is 0 Å². The van der Waals surface area contributed by atoms with Crippen LogP contribution in [0.4, 0.5) is 5.69 Å². The summed E-state index contributed by atoms with van der Waals surface area (Å²) in [5.41, 5.74) is 2.76. The van der Waals surface area contributed by atoms with Crippen LogP contribution in [-0.4, -0.2) is 18.0 Å². The Balaban J connectivity index is 1.67. The molecule has 1 unspecified atom stereocenters. The molecule has 1 N–H and O–H groups in total. The topological polar surface area (TPSA) is 64.4 Å². The number of fused-ring (bicyclic) bond motifs is 1. The molecule has 0 saturated carbocycles. The third-order valence-corrected chi connectivity index (χ3v) is 4.29. The number of amides is 1. The molecule has 122 valence electrons. The number of carbonyl (C=O) groups excluding carboxylic acids is 1. The summed E-state index contributed by atoms with van der Waals surface area (Å²) in [7, 11) is 1.64. The average molecular weight is 314 g/mol. The minimum atomic E-state index is 0.00747. The van der Waals surface area contributed by atoms with Crippen molar-refractivity contribution in [3.8, 4) is 5.75 Å². The van der Waals surface area contributed by atoms with Gasteiger partial charge in [0.2, 0.25) is 5.91 Å². The number of hydrogen-bond acceptors (Lipinski definition) is 4. The fraction of sp³-hybridized carbons (Fsp3) is 0.444. The summed E-state index contributed by atoms with van der Waals surface area (Å²) < 4.78 is 10.9. The summed E-state index contributed by atoms with van der Waals surface area (Å²) in [6.07, 6.45) is 3.38. The van der Waals surface area contributed by atoms with Gasteiger partial charge in [0.25, 0.3) is 0 Å².